The molecule has 0 aliphatic carbocycles. The minimum absolute atomic E-state index is 0.162. The van der Waals surface area contributed by atoms with Crippen LogP contribution < -0.4 is 15.4 Å². The molecule has 0 spiro atoms. The summed E-state index contributed by atoms with van der Waals surface area (Å²) in [5, 5.41) is 2.49. The molecule has 94 valence electrons. The molecule has 3 heteroatoms. The van der Waals surface area contributed by atoms with E-state index >= 15 is 0 Å². The van der Waals surface area contributed by atoms with Gasteiger partial charge in [-0.25, -0.2) is 0 Å². The normalized spacial score (nSPS) is 16.2. The lowest BCUT2D eigenvalue weighted by Crippen LogP contribution is -2.40. The number of ether oxygens (including phenoxy) is 1. The Labute approximate surface area is 107 Å². The van der Waals surface area contributed by atoms with Gasteiger partial charge in [0.05, 0.1) is 12.2 Å². The molecular weight excluding hydrogens is 224 g/mol. The van der Waals surface area contributed by atoms with E-state index in [1.165, 1.54) is 16.5 Å². The number of nitrogens with zero attached hydrogens (tertiary/aromatic N) is 1. The van der Waals surface area contributed by atoms with Crippen LogP contribution in [0.2, 0.25) is 0 Å². The van der Waals surface area contributed by atoms with Crippen molar-refractivity contribution >= 4 is 16.5 Å². The molecule has 3 rings (SSSR count). The zero-order valence-electron chi connectivity index (χ0n) is 10.6. The van der Waals surface area contributed by atoms with E-state index in [0.717, 1.165) is 25.4 Å². The Hall–Kier alpha value is -1.74. The molecule has 0 aromatic heterocycles. The van der Waals surface area contributed by atoms with Crippen LogP contribution in [-0.2, 0) is 0 Å². The molecule has 2 N–H and O–H groups in total. The molecule has 1 unspecified atom stereocenters. The van der Waals surface area contributed by atoms with Crippen molar-refractivity contribution < 1.29 is 4.74 Å². The van der Waals surface area contributed by atoms with Gasteiger partial charge in [0, 0.05) is 18.0 Å². The molecule has 0 radical (unpaired) electrons. The van der Waals surface area contributed by atoms with Gasteiger partial charge < -0.3 is 15.4 Å². The van der Waals surface area contributed by atoms with E-state index in [2.05, 4.69) is 41.3 Å². The Balaban J connectivity index is 2.15. The zero-order valence-corrected chi connectivity index (χ0v) is 10.6. The molecule has 0 saturated carbocycles. The van der Waals surface area contributed by atoms with Crippen molar-refractivity contribution in [2.24, 2.45) is 5.73 Å². The van der Waals surface area contributed by atoms with Gasteiger partial charge in [-0.1, -0.05) is 30.3 Å². The first-order valence-corrected chi connectivity index (χ1v) is 6.41. The Morgan fingerprint density at radius 3 is 2.94 bits per heavy atom. The van der Waals surface area contributed by atoms with Gasteiger partial charge in [0.25, 0.3) is 0 Å². The van der Waals surface area contributed by atoms with Crippen LogP contribution >= 0.6 is 0 Å². The van der Waals surface area contributed by atoms with Gasteiger partial charge in [0.15, 0.2) is 0 Å². The predicted molar refractivity (Wildman–Crippen MR) is 75.3 cm³/mol. The molecule has 0 fully saturated rings. The number of anilines is 1. The van der Waals surface area contributed by atoms with Crippen LogP contribution in [0.1, 0.15) is 6.92 Å². The predicted octanol–water partition coefficient (Wildman–Crippen LogP) is 2.39. The molecule has 1 aliphatic heterocycles. The fourth-order valence-corrected chi connectivity index (χ4v) is 2.59. The topological polar surface area (TPSA) is 38.5 Å². The molecule has 2 aromatic rings. The number of fused-ring (bicyclic) bond motifs is 3. The van der Waals surface area contributed by atoms with E-state index in [-0.39, 0.29) is 6.04 Å². The molecule has 2 aromatic carbocycles. The third-order valence-electron chi connectivity index (χ3n) is 3.31. The lowest BCUT2D eigenvalue weighted by Gasteiger charge is -2.33. The Morgan fingerprint density at radius 1 is 1.28 bits per heavy atom. The Kier molecular flexibility index (Phi) is 2.84. The molecule has 1 atom stereocenters. The van der Waals surface area contributed by atoms with Crippen LogP contribution in [0.15, 0.2) is 36.4 Å². The highest BCUT2D eigenvalue weighted by molar-refractivity contribution is 5.97. The summed E-state index contributed by atoms with van der Waals surface area (Å²) in [5.74, 6) is 0.973. The van der Waals surface area contributed by atoms with Gasteiger partial charge in [-0.05, 0) is 18.4 Å². The fourth-order valence-electron chi connectivity index (χ4n) is 2.59. The van der Waals surface area contributed by atoms with Crippen LogP contribution in [0.4, 0.5) is 5.69 Å². The molecule has 18 heavy (non-hydrogen) atoms. The van der Waals surface area contributed by atoms with Crippen molar-refractivity contribution in [1.82, 2.24) is 0 Å². The van der Waals surface area contributed by atoms with E-state index in [0.29, 0.717) is 0 Å². The van der Waals surface area contributed by atoms with E-state index in [1.807, 2.05) is 6.92 Å². The Morgan fingerprint density at radius 2 is 2.11 bits per heavy atom. The zero-order chi connectivity index (χ0) is 12.5. The molecule has 0 saturated heterocycles. The first-order chi connectivity index (χ1) is 8.75. The average Bonchev–Trinajstić information content (AvgIpc) is 2.38. The van der Waals surface area contributed by atoms with Gasteiger partial charge in [0.2, 0.25) is 0 Å². The summed E-state index contributed by atoms with van der Waals surface area (Å²) in [4.78, 5) is 2.34. The van der Waals surface area contributed by atoms with E-state index in [9.17, 15) is 0 Å². The first kappa shape index (κ1) is 11.4. The Bertz CT molecular complexity index is 565. The number of benzene rings is 2. The van der Waals surface area contributed by atoms with Crippen molar-refractivity contribution in [3.05, 3.63) is 36.4 Å². The van der Waals surface area contributed by atoms with Gasteiger partial charge in [-0.2, -0.15) is 0 Å². The maximum Gasteiger partial charge on any atom is 0.143 e. The highest BCUT2D eigenvalue weighted by Gasteiger charge is 2.21. The average molecular weight is 242 g/mol. The van der Waals surface area contributed by atoms with Crippen LogP contribution in [0.25, 0.3) is 10.8 Å². The van der Waals surface area contributed by atoms with E-state index < -0.39 is 0 Å². The monoisotopic (exact) mass is 242 g/mol. The van der Waals surface area contributed by atoms with Gasteiger partial charge >= 0.3 is 0 Å². The van der Waals surface area contributed by atoms with E-state index in [1.54, 1.807) is 0 Å². The van der Waals surface area contributed by atoms with Crippen molar-refractivity contribution in [2.75, 3.05) is 24.6 Å². The van der Waals surface area contributed by atoms with Crippen molar-refractivity contribution in [1.29, 1.82) is 0 Å². The summed E-state index contributed by atoms with van der Waals surface area (Å²) in [6.45, 7) is 4.55. The summed E-state index contributed by atoms with van der Waals surface area (Å²) < 4.78 is 5.76. The highest BCUT2D eigenvalue weighted by Crippen LogP contribution is 2.38. The minimum Gasteiger partial charge on any atom is -0.490 e. The van der Waals surface area contributed by atoms with Gasteiger partial charge in [-0.15, -0.1) is 0 Å². The number of nitrogens with two attached hydrogens (primary N) is 1. The summed E-state index contributed by atoms with van der Waals surface area (Å²) in [6, 6.07) is 12.8. The minimum atomic E-state index is 0.162. The summed E-state index contributed by atoms with van der Waals surface area (Å²) in [6.07, 6.45) is 0. The molecular formula is C15H18N2O. The largest absolute Gasteiger partial charge is 0.490 e. The van der Waals surface area contributed by atoms with Crippen LogP contribution in [0.5, 0.6) is 5.75 Å². The standard InChI is InChI=1S/C15H18N2O/c1-11(16)10-17-8-9-18-14-7-6-12-4-2-3-5-13(12)15(14)17/h2-7,11H,8-10,16H2,1H3. The van der Waals surface area contributed by atoms with Crippen molar-refractivity contribution in [3.8, 4) is 5.75 Å². The smallest absolute Gasteiger partial charge is 0.143 e. The molecule has 0 bridgehead atoms. The molecule has 0 amide bonds. The van der Waals surface area contributed by atoms with Crippen LogP contribution in [0, 0.1) is 0 Å². The summed E-state index contributed by atoms with van der Waals surface area (Å²) in [5.41, 5.74) is 7.13. The molecule has 1 aliphatic rings. The maximum absolute atomic E-state index is 5.94. The maximum atomic E-state index is 5.94. The van der Waals surface area contributed by atoms with Crippen molar-refractivity contribution in [2.45, 2.75) is 13.0 Å². The summed E-state index contributed by atoms with van der Waals surface area (Å²) >= 11 is 0. The summed E-state index contributed by atoms with van der Waals surface area (Å²) in [7, 11) is 0. The lowest BCUT2D eigenvalue weighted by atomic mass is 10.1. The second-order valence-electron chi connectivity index (χ2n) is 4.91. The van der Waals surface area contributed by atoms with E-state index in [4.69, 9.17) is 10.5 Å². The number of rotatable bonds is 2. The third-order valence-corrected chi connectivity index (χ3v) is 3.31. The third kappa shape index (κ3) is 1.91. The lowest BCUT2D eigenvalue weighted by molar-refractivity contribution is 0.307. The molecule has 3 nitrogen and oxygen atoms in total. The second-order valence-corrected chi connectivity index (χ2v) is 4.91. The number of hydrogen-bond acceptors (Lipinski definition) is 3. The van der Waals surface area contributed by atoms with Crippen LogP contribution in [0.3, 0.4) is 0 Å². The highest BCUT2D eigenvalue weighted by atomic mass is 16.5. The SMILES string of the molecule is CC(N)CN1CCOc2ccc3ccccc3c21. The number of hydrogen-bond donors (Lipinski definition) is 1. The van der Waals surface area contributed by atoms with Crippen LogP contribution in [-0.4, -0.2) is 25.7 Å². The van der Waals surface area contributed by atoms with Crippen molar-refractivity contribution in [3.63, 3.8) is 0 Å². The first-order valence-electron chi connectivity index (χ1n) is 6.41. The second kappa shape index (κ2) is 4.50. The quantitative estimate of drug-likeness (QED) is 0.878. The van der Waals surface area contributed by atoms with Gasteiger partial charge in [-0.3, -0.25) is 0 Å². The van der Waals surface area contributed by atoms with Gasteiger partial charge in [0.1, 0.15) is 12.4 Å². The molecule has 1 heterocycles. The fraction of sp³-hybridized carbons (Fsp3) is 0.333.